The molecule has 0 spiro atoms. The third kappa shape index (κ3) is 5.83. The van der Waals surface area contributed by atoms with Crippen LogP contribution in [0.3, 0.4) is 0 Å². The first-order valence-electron chi connectivity index (χ1n) is 11.2. The van der Waals surface area contributed by atoms with Gasteiger partial charge in [0.15, 0.2) is 16.7 Å². The van der Waals surface area contributed by atoms with Gasteiger partial charge in [-0.15, -0.1) is 10.2 Å². The van der Waals surface area contributed by atoms with Crippen molar-refractivity contribution in [1.29, 1.82) is 0 Å². The second-order valence-electron chi connectivity index (χ2n) is 8.31. The highest BCUT2D eigenvalue weighted by Crippen LogP contribution is 2.27. The predicted molar refractivity (Wildman–Crippen MR) is 133 cm³/mol. The molecule has 0 fully saturated rings. The molecule has 9 nitrogen and oxygen atoms in total. The summed E-state index contributed by atoms with van der Waals surface area (Å²) in [5.74, 6) is 1.94. The van der Waals surface area contributed by atoms with Crippen LogP contribution in [0.4, 0.5) is 5.69 Å². The van der Waals surface area contributed by atoms with Crippen molar-refractivity contribution in [2.75, 3.05) is 17.7 Å². The van der Waals surface area contributed by atoms with Crippen molar-refractivity contribution in [2.45, 2.75) is 32.1 Å². The van der Waals surface area contributed by atoms with Crippen LogP contribution in [0, 0.1) is 5.92 Å². The molecule has 1 aromatic carbocycles. The lowest BCUT2D eigenvalue weighted by molar-refractivity contribution is -0.115. The van der Waals surface area contributed by atoms with E-state index < -0.39 is 0 Å². The monoisotopic (exact) mass is 493 g/mol. The molecule has 2 amide bonds. The summed E-state index contributed by atoms with van der Waals surface area (Å²) >= 11 is 1.30. The normalized spacial score (nSPS) is 11.1. The van der Waals surface area contributed by atoms with Gasteiger partial charge in [-0.2, -0.15) is 0 Å². The number of benzene rings is 1. The smallest absolute Gasteiger partial charge is 0.253 e. The van der Waals surface area contributed by atoms with E-state index in [0.29, 0.717) is 46.2 Å². The summed E-state index contributed by atoms with van der Waals surface area (Å²) in [5.41, 5.74) is 0.929. The molecule has 0 atom stereocenters. The summed E-state index contributed by atoms with van der Waals surface area (Å²) in [6.07, 6.45) is 3.15. The lowest BCUT2D eigenvalue weighted by Gasteiger charge is -2.20. The highest BCUT2D eigenvalue weighted by Gasteiger charge is 2.22. The molecule has 4 aromatic rings. The van der Waals surface area contributed by atoms with Crippen LogP contribution in [0.5, 0.6) is 0 Å². The number of rotatable bonds is 10. The van der Waals surface area contributed by atoms with Crippen LogP contribution in [-0.2, 0) is 17.9 Å². The zero-order valence-electron chi connectivity index (χ0n) is 19.8. The van der Waals surface area contributed by atoms with Crippen LogP contribution < -0.4 is 10.2 Å². The van der Waals surface area contributed by atoms with Crippen LogP contribution in [-0.4, -0.2) is 39.4 Å². The number of thioether (sulfide) groups is 1. The number of hydrogen-bond donors (Lipinski definition) is 1. The number of nitrogens with one attached hydrogen (secondary N) is 1. The van der Waals surface area contributed by atoms with Crippen LogP contribution in [0.25, 0.3) is 11.6 Å². The molecule has 182 valence electrons. The zero-order chi connectivity index (χ0) is 24.8. The fraction of sp³-hybridized carbons (Fsp3) is 0.280. The van der Waals surface area contributed by atoms with Gasteiger partial charge in [0.05, 0.1) is 36.1 Å². The van der Waals surface area contributed by atoms with E-state index in [9.17, 15) is 9.59 Å². The molecule has 0 aliphatic rings. The standard InChI is InChI=1S/C25H27N5O4S/c1-17(2)15-30-23(21-11-7-13-34-21)27-28-25(30)35-16-22(31)29(3)20-10-5-4-9-19(20)24(32)26-14-18-8-6-12-33-18/h4-13,17H,14-16H2,1-3H3,(H,26,32). The van der Waals surface area contributed by atoms with Gasteiger partial charge < -0.3 is 19.1 Å². The first-order chi connectivity index (χ1) is 16.9. The molecular weight excluding hydrogens is 466 g/mol. The van der Waals surface area contributed by atoms with Gasteiger partial charge in [0, 0.05) is 13.6 Å². The molecule has 1 N–H and O–H groups in total. The van der Waals surface area contributed by atoms with Crippen molar-refractivity contribution in [1.82, 2.24) is 20.1 Å². The van der Waals surface area contributed by atoms with E-state index in [0.717, 1.165) is 0 Å². The van der Waals surface area contributed by atoms with Gasteiger partial charge in [0.2, 0.25) is 5.91 Å². The maximum atomic E-state index is 13.1. The van der Waals surface area contributed by atoms with Gasteiger partial charge >= 0.3 is 0 Å². The molecule has 0 saturated carbocycles. The topological polar surface area (TPSA) is 106 Å². The second-order valence-corrected chi connectivity index (χ2v) is 9.25. The van der Waals surface area contributed by atoms with E-state index in [4.69, 9.17) is 8.83 Å². The fourth-order valence-corrected chi connectivity index (χ4v) is 4.37. The Morgan fingerprint density at radius 1 is 1.06 bits per heavy atom. The first kappa shape index (κ1) is 24.3. The van der Waals surface area contributed by atoms with Gasteiger partial charge in [-0.3, -0.25) is 14.2 Å². The number of anilines is 1. The Morgan fingerprint density at radius 3 is 2.54 bits per heavy atom. The minimum Gasteiger partial charge on any atom is -0.467 e. The summed E-state index contributed by atoms with van der Waals surface area (Å²) in [7, 11) is 1.66. The van der Waals surface area contributed by atoms with Crippen molar-refractivity contribution >= 4 is 29.3 Å². The van der Waals surface area contributed by atoms with E-state index in [1.807, 2.05) is 10.6 Å². The number of para-hydroxylation sites is 1. The number of amides is 2. The maximum absolute atomic E-state index is 13.1. The zero-order valence-corrected chi connectivity index (χ0v) is 20.6. The number of carbonyl (C=O) groups excluding carboxylic acids is 2. The van der Waals surface area contributed by atoms with E-state index >= 15 is 0 Å². The molecule has 0 aliphatic heterocycles. The Labute approximate surface area is 207 Å². The van der Waals surface area contributed by atoms with Crippen LogP contribution in [0.2, 0.25) is 0 Å². The maximum Gasteiger partial charge on any atom is 0.253 e. The van der Waals surface area contributed by atoms with E-state index in [1.165, 1.54) is 16.7 Å². The Balaban J connectivity index is 1.45. The van der Waals surface area contributed by atoms with Gasteiger partial charge in [0.1, 0.15) is 5.76 Å². The molecule has 0 bridgehead atoms. The lowest BCUT2D eigenvalue weighted by atomic mass is 10.1. The van der Waals surface area contributed by atoms with Crippen molar-refractivity contribution in [3.63, 3.8) is 0 Å². The quantitative estimate of drug-likeness (QED) is 0.325. The molecule has 0 saturated heterocycles. The first-order valence-corrected chi connectivity index (χ1v) is 12.2. The van der Waals surface area contributed by atoms with Crippen molar-refractivity contribution in [2.24, 2.45) is 5.92 Å². The SMILES string of the molecule is CC(C)Cn1c(SCC(=O)N(C)c2ccccc2C(=O)NCc2ccco2)nnc1-c1ccco1. The highest BCUT2D eigenvalue weighted by atomic mass is 32.2. The van der Waals surface area contributed by atoms with Crippen LogP contribution in [0.1, 0.15) is 30.0 Å². The van der Waals surface area contributed by atoms with Crippen molar-refractivity contribution in [3.8, 4) is 11.6 Å². The summed E-state index contributed by atoms with van der Waals surface area (Å²) in [5, 5.41) is 12.0. The summed E-state index contributed by atoms with van der Waals surface area (Å²) in [4.78, 5) is 27.4. The lowest BCUT2D eigenvalue weighted by Crippen LogP contribution is -2.31. The molecule has 3 aromatic heterocycles. The van der Waals surface area contributed by atoms with Gasteiger partial charge in [0.25, 0.3) is 5.91 Å². The summed E-state index contributed by atoms with van der Waals surface area (Å²) in [6.45, 7) is 5.16. The number of hydrogen-bond acceptors (Lipinski definition) is 7. The Kier molecular flexibility index (Phi) is 7.71. The number of aromatic nitrogens is 3. The van der Waals surface area contributed by atoms with E-state index in [2.05, 4.69) is 29.4 Å². The van der Waals surface area contributed by atoms with Crippen LogP contribution >= 0.6 is 11.8 Å². The third-order valence-electron chi connectivity index (χ3n) is 5.22. The number of carbonyl (C=O) groups is 2. The van der Waals surface area contributed by atoms with E-state index in [-0.39, 0.29) is 24.1 Å². The average molecular weight is 494 g/mol. The molecule has 4 rings (SSSR count). The second kappa shape index (κ2) is 11.1. The van der Waals surface area contributed by atoms with Gasteiger partial charge in [-0.05, 0) is 42.3 Å². The van der Waals surface area contributed by atoms with Gasteiger partial charge in [-0.1, -0.05) is 37.7 Å². The Morgan fingerprint density at radius 2 is 1.83 bits per heavy atom. The largest absolute Gasteiger partial charge is 0.467 e. The van der Waals surface area contributed by atoms with Gasteiger partial charge in [-0.25, -0.2) is 0 Å². The van der Waals surface area contributed by atoms with Crippen molar-refractivity contribution in [3.05, 3.63) is 72.4 Å². The third-order valence-corrected chi connectivity index (χ3v) is 6.17. The molecule has 0 radical (unpaired) electrons. The summed E-state index contributed by atoms with van der Waals surface area (Å²) < 4.78 is 12.7. The molecule has 3 heterocycles. The molecule has 10 heteroatoms. The van der Waals surface area contributed by atoms with E-state index in [1.54, 1.807) is 62.0 Å². The average Bonchev–Trinajstić information content (AvgIpc) is 3.63. The molecule has 0 aliphatic carbocycles. The van der Waals surface area contributed by atoms with Crippen LogP contribution in [0.15, 0.2) is 75.0 Å². The molecule has 35 heavy (non-hydrogen) atoms. The van der Waals surface area contributed by atoms with Crippen molar-refractivity contribution < 1.29 is 18.4 Å². The summed E-state index contributed by atoms with van der Waals surface area (Å²) in [6, 6.07) is 14.2. The Hall–Kier alpha value is -3.79. The minimum absolute atomic E-state index is 0.132. The Bertz CT molecular complexity index is 1270. The molecule has 0 unspecified atom stereocenters. The molecular formula is C25H27N5O4S. The number of furan rings is 2. The minimum atomic E-state index is -0.288. The highest BCUT2D eigenvalue weighted by molar-refractivity contribution is 7.99. The predicted octanol–water partition coefficient (Wildman–Crippen LogP) is 4.47. The number of nitrogens with zero attached hydrogens (tertiary/aromatic N) is 4. The fourth-order valence-electron chi connectivity index (χ4n) is 3.50.